The van der Waals surface area contributed by atoms with Crippen LogP contribution < -0.4 is 0 Å². The van der Waals surface area contributed by atoms with Gasteiger partial charge in [0.1, 0.15) is 0 Å². The highest BCUT2D eigenvalue weighted by Crippen LogP contribution is 1.87. The summed E-state index contributed by atoms with van der Waals surface area (Å²) in [6.45, 7) is 9.59. The summed E-state index contributed by atoms with van der Waals surface area (Å²) in [4.78, 5) is 4.48. The Hall–Kier alpha value is -0.160. The highest BCUT2D eigenvalue weighted by Gasteiger charge is 1.98. The average Bonchev–Trinajstić information content (AvgIpc) is 2.33. The standard InChI is InChI=1S/C11H26N2O2.C2H6/c1-12(2)6-7-13(3)8-11-15-10-5-9-14-4;1-2/h5-11H2,1-4H3;1-2H3. The maximum Gasteiger partial charge on any atom is 0.0593 e. The second kappa shape index (κ2) is 15.8. The van der Waals surface area contributed by atoms with E-state index in [2.05, 4.69) is 30.9 Å². The van der Waals surface area contributed by atoms with Gasteiger partial charge in [0.05, 0.1) is 6.61 Å². The van der Waals surface area contributed by atoms with Crippen molar-refractivity contribution in [1.82, 2.24) is 9.80 Å². The average molecular weight is 248 g/mol. The molecule has 0 radical (unpaired) electrons. The summed E-state index contributed by atoms with van der Waals surface area (Å²) in [6.07, 6.45) is 0.984. The minimum atomic E-state index is 0.788. The van der Waals surface area contributed by atoms with Crippen LogP contribution in [0.4, 0.5) is 0 Å². The maximum absolute atomic E-state index is 5.48. The van der Waals surface area contributed by atoms with Crippen molar-refractivity contribution < 1.29 is 9.47 Å². The van der Waals surface area contributed by atoms with E-state index in [1.54, 1.807) is 7.11 Å². The Bertz CT molecular complexity index is 133. The van der Waals surface area contributed by atoms with Crippen molar-refractivity contribution in [3.05, 3.63) is 0 Å². The zero-order valence-corrected chi connectivity index (χ0v) is 12.7. The van der Waals surface area contributed by atoms with Crippen LogP contribution in [0.3, 0.4) is 0 Å². The van der Waals surface area contributed by atoms with Crippen LogP contribution in [-0.4, -0.2) is 77.5 Å². The molecule has 0 fully saturated rings. The van der Waals surface area contributed by atoms with Crippen LogP contribution in [0, 0.1) is 0 Å². The molecule has 0 N–H and O–H groups in total. The van der Waals surface area contributed by atoms with Crippen molar-refractivity contribution in [3.8, 4) is 0 Å². The summed E-state index contributed by atoms with van der Waals surface area (Å²) in [6, 6.07) is 0. The van der Waals surface area contributed by atoms with E-state index in [4.69, 9.17) is 9.47 Å². The van der Waals surface area contributed by atoms with Crippen LogP contribution in [0.2, 0.25) is 0 Å². The summed E-state index contributed by atoms with van der Waals surface area (Å²) >= 11 is 0. The molecule has 0 aromatic rings. The van der Waals surface area contributed by atoms with E-state index >= 15 is 0 Å². The molecule has 0 aliphatic rings. The van der Waals surface area contributed by atoms with Crippen LogP contribution in [0.15, 0.2) is 0 Å². The Balaban J connectivity index is 0. The molecule has 0 amide bonds. The van der Waals surface area contributed by atoms with Gasteiger partial charge in [0.2, 0.25) is 0 Å². The molecule has 4 nitrogen and oxygen atoms in total. The summed E-state index contributed by atoms with van der Waals surface area (Å²) in [5.74, 6) is 0. The molecule has 106 valence electrons. The third-order valence-electron chi connectivity index (χ3n) is 2.18. The van der Waals surface area contributed by atoms with Crippen molar-refractivity contribution in [1.29, 1.82) is 0 Å². The second-order valence-electron chi connectivity index (χ2n) is 4.07. The third kappa shape index (κ3) is 18.4. The van der Waals surface area contributed by atoms with E-state index in [0.29, 0.717) is 0 Å². The van der Waals surface area contributed by atoms with Gasteiger partial charge in [-0.15, -0.1) is 0 Å². The molecule has 17 heavy (non-hydrogen) atoms. The van der Waals surface area contributed by atoms with E-state index in [-0.39, 0.29) is 0 Å². The lowest BCUT2D eigenvalue weighted by Gasteiger charge is -2.19. The Kier molecular flexibility index (Phi) is 17.9. The van der Waals surface area contributed by atoms with Crippen molar-refractivity contribution in [2.24, 2.45) is 0 Å². The van der Waals surface area contributed by atoms with E-state index in [0.717, 1.165) is 45.9 Å². The second-order valence-corrected chi connectivity index (χ2v) is 4.07. The van der Waals surface area contributed by atoms with E-state index < -0.39 is 0 Å². The predicted octanol–water partition coefficient (Wildman–Crippen LogP) is 1.56. The zero-order valence-electron chi connectivity index (χ0n) is 12.7. The largest absolute Gasteiger partial charge is 0.385 e. The predicted molar refractivity (Wildman–Crippen MR) is 74.7 cm³/mol. The first-order valence-electron chi connectivity index (χ1n) is 6.56. The molecule has 0 rings (SSSR count). The van der Waals surface area contributed by atoms with Gasteiger partial charge >= 0.3 is 0 Å². The maximum atomic E-state index is 5.48. The normalized spacial score (nSPS) is 10.6. The van der Waals surface area contributed by atoms with Gasteiger partial charge in [-0.1, -0.05) is 13.8 Å². The molecule has 4 heteroatoms. The van der Waals surface area contributed by atoms with Crippen molar-refractivity contribution in [2.45, 2.75) is 20.3 Å². The number of rotatable bonds is 10. The topological polar surface area (TPSA) is 24.9 Å². The number of methoxy groups -OCH3 is 1. The molecule has 0 aromatic heterocycles. The van der Waals surface area contributed by atoms with Gasteiger partial charge in [-0.05, 0) is 27.6 Å². The molecule has 0 spiro atoms. The molecule has 0 aliphatic heterocycles. The quantitative estimate of drug-likeness (QED) is 0.548. The van der Waals surface area contributed by atoms with Crippen LogP contribution in [0.1, 0.15) is 20.3 Å². The number of hydrogen-bond donors (Lipinski definition) is 0. The zero-order chi connectivity index (χ0) is 13.5. The molecule has 0 heterocycles. The molecule has 0 bridgehead atoms. The lowest BCUT2D eigenvalue weighted by atomic mass is 10.5. The molecule has 0 unspecified atom stereocenters. The van der Waals surface area contributed by atoms with Gasteiger partial charge in [0, 0.05) is 40.0 Å². The first-order valence-corrected chi connectivity index (χ1v) is 6.56. The Morgan fingerprint density at radius 1 is 0.824 bits per heavy atom. The van der Waals surface area contributed by atoms with Crippen LogP contribution in [0.5, 0.6) is 0 Å². The van der Waals surface area contributed by atoms with Crippen LogP contribution >= 0.6 is 0 Å². The first-order chi connectivity index (χ1) is 8.16. The Labute approximate surface area is 108 Å². The van der Waals surface area contributed by atoms with Gasteiger partial charge in [-0.2, -0.15) is 0 Å². The highest BCUT2D eigenvalue weighted by molar-refractivity contribution is 4.53. The van der Waals surface area contributed by atoms with Crippen LogP contribution in [-0.2, 0) is 9.47 Å². The summed E-state index contributed by atoms with van der Waals surface area (Å²) in [5, 5.41) is 0. The van der Waals surface area contributed by atoms with Crippen molar-refractivity contribution in [2.75, 3.05) is 67.7 Å². The lowest BCUT2D eigenvalue weighted by Crippen LogP contribution is -2.31. The summed E-state index contributed by atoms with van der Waals surface area (Å²) in [5.41, 5.74) is 0. The lowest BCUT2D eigenvalue weighted by molar-refractivity contribution is 0.0876. The fourth-order valence-corrected chi connectivity index (χ4v) is 1.11. The number of likely N-dealkylation sites (N-methyl/N-ethyl adjacent to an activating group) is 2. The monoisotopic (exact) mass is 248 g/mol. The molecule has 0 atom stereocenters. The van der Waals surface area contributed by atoms with Gasteiger partial charge < -0.3 is 19.3 Å². The molecule has 0 aromatic carbocycles. The van der Waals surface area contributed by atoms with Crippen LogP contribution in [0.25, 0.3) is 0 Å². The molecular formula is C13H32N2O2. The number of nitrogens with zero attached hydrogens (tertiary/aromatic N) is 2. The highest BCUT2D eigenvalue weighted by atomic mass is 16.5. The number of ether oxygens (including phenoxy) is 2. The van der Waals surface area contributed by atoms with Gasteiger partial charge in [0.25, 0.3) is 0 Å². The summed E-state index contributed by atoms with van der Waals surface area (Å²) in [7, 11) is 8.03. The van der Waals surface area contributed by atoms with E-state index in [1.807, 2.05) is 13.8 Å². The molecular weight excluding hydrogens is 216 g/mol. The van der Waals surface area contributed by atoms with Gasteiger partial charge in [-0.25, -0.2) is 0 Å². The van der Waals surface area contributed by atoms with Gasteiger partial charge in [0.15, 0.2) is 0 Å². The third-order valence-corrected chi connectivity index (χ3v) is 2.18. The SMILES string of the molecule is CC.COCCCOCCN(C)CCN(C)C. The van der Waals surface area contributed by atoms with E-state index in [9.17, 15) is 0 Å². The minimum Gasteiger partial charge on any atom is -0.385 e. The molecule has 0 saturated carbocycles. The van der Waals surface area contributed by atoms with Gasteiger partial charge in [-0.3, -0.25) is 0 Å². The molecule has 0 saturated heterocycles. The Morgan fingerprint density at radius 3 is 2.00 bits per heavy atom. The Morgan fingerprint density at radius 2 is 1.47 bits per heavy atom. The first kappa shape index (κ1) is 19.2. The van der Waals surface area contributed by atoms with Crippen molar-refractivity contribution >= 4 is 0 Å². The fourth-order valence-electron chi connectivity index (χ4n) is 1.11. The van der Waals surface area contributed by atoms with E-state index in [1.165, 1.54) is 0 Å². The fraction of sp³-hybridized carbons (Fsp3) is 1.00. The van der Waals surface area contributed by atoms with Crippen molar-refractivity contribution in [3.63, 3.8) is 0 Å². The molecule has 0 aliphatic carbocycles. The summed E-state index contributed by atoms with van der Waals surface area (Å²) < 4.78 is 10.4. The smallest absolute Gasteiger partial charge is 0.0593 e. The minimum absolute atomic E-state index is 0.788. The number of hydrogen-bond acceptors (Lipinski definition) is 4.